The first-order valence-corrected chi connectivity index (χ1v) is 8.79. The van der Waals surface area contributed by atoms with Crippen molar-refractivity contribution in [2.45, 2.75) is 39.7 Å². The lowest BCUT2D eigenvalue weighted by Gasteiger charge is -2.07. The Morgan fingerprint density at radius 3 is 2.84 bits per heavy atom. The number of aryl methyl sites for hydroxylation is 1. The van der Waals surface area contributed by atoms with Gasteiger partial charge in [0, 0.05) is 19.3 Å². The van der Waals surface area contributed by atoms with Crippen LogP contribution < -0.4 is 14.8 Å². The molecule has 2 aromatic rings. The summed E-state index contributed by atoms with van der Waals surface area (Å²) in [6.45, 7) is 5.95. The maximum Gasteiger partial charge on any atom is 0.258 e. The molecule has 0 fully saturated rings. The highest BCUT2D eigenvalue weighted by Gasteiger charge is 2.17. The minimum absolute atomic E-state index is 0.156. The number of methoxy groups -OCH3 is 1. The SMILES string of the molecule is CCCOc1nn(CCC)cc1C(=O)NCCc1cccc(OC)c1. The van der Waals surface area contributed by atoms with Gasteiger partial charge in [0.25, 0.3) is 5.91 Å². The minimum atomic E-state index is -0.156. The summed E-state index contributed by atoms with van der Waals surface area (Å²) in [5.74, 6) is 1.07. The van der Waals surface area contributed by atoms with E-state index < -0.39 is 0 Å². The molecule has 0 unspecified atom stereocenters. The van der Waals surface area contributed by atoms with Crippen molar-refractivity contribution in [1.82, 2.24) is 15.1 Å². The predicted molar refractivity (Wildman–Crippen MR) is 97.3 cm³/mol. The van der Waals surface area contributed by atoms with E-state index in [4.69, 9.17) is 9.47 Å². The van der Waals surface area contributed by atoms with Gasteiger partial charge in [0.2, 0.25) is 5.88 Å². The quantitative estimate of drug-likeness (QED) is 0.719. The molecule has 1 aromatic heterocycles. The minimum Gasteiger partial charge on any atom is -0.497 e. The number of amides is 1. The second-order valence-corrected chi connectivity index (χ2v) is 5.82. The molecule has 2 rings (SSSR count). The largest absolute Gasteiger partial charge is 0.497 e. The van der Waals surface area contributed by atoms with Crippen molar-refractivity contribution >= 4 is 5.91 Å². The van der Waals surface area contributed by atoms with Gasteiger partial charge in [-0.25, -0.2) is 0 Å². The van der Waals surface area contributed by atoms with E-state index in [1.807, 2.05) is 31.2 Å². The number of benzene rings is 1. The summed E-state index contributed by atoms with van der Waals surface area (Å²) in [4.78, 5) is 12.5. The lowest BCUT2D eigenvalue weighted by Crippen LogP contribution is -2.26. The Labute approximate surface area is 149 Å². The molecule has 0 radical (unpaired) electrons. The number of hydrogen-bond donors (Lipinski definition) is 1. The first-order chi connectivity index (χ1) is 12.2. The van der Waals surface area contributed by atoms with Crippen molar-refractivity contribution in [3.63, 3.8) is 0 Å². The van der Waals surface area contributed by atoms with E-state index in [1.165, 1.54) is 0 Å². The van der Waals surface area contributed by atoms with E-state index in [-0.39, 0.29) is 5.91 Å². The van der Waals surface area contributed by atoms with Gasteiger partial charge in [0.1, 0.15) is 11.3 Å². The number of carbonyl (C=O) groups excluding carboxylic acids is 1. The zero-order chi connectivity index (χ0) is 18.1. The zero-order valence-corrected chi connectivity index (χ0v) is 15.2. The molecule has 0 atom stereocenters. The van der Waals surface area contributed by atoms with Gasteiger partial charge in [-0.2, -0.15) is 0 Å². The van der Waals surface area contributed by atoms with Gasteiger partial charge in [-0.1, -0.05) is 26.0 Å². The average Bonchev–Trinajstić information content (AvgIpc) is 3.03. The summed E-state index contributed by atoms with van der Waals surface area (Å²) >= 11 is 0. The molecule has 6 nitrogen and oxygen atoms in total. The molecule has 0 aliphatic carbocycles. The van der Waals surface area contributed by atoms with Crippen molar-refractivity contribution in [2.75, 3.05) is 20.3 Å². The number of carbonyl (C=O) groups is 1. The van der Waals surface area contributed by atoms with Crippen molar-refractivity contribution in [2.24, 2.45) is 0 Å². The van der Waals surface area contributed by atoms with E-state index >= 15 is 0 Å². The van der Waals surface area contributed by atoms with Gasteiger partial charge in [-0.15, -0.1) is 5.10 Å². The third kappa shape index (κ3) is 5.52. The Bertz CT molecular complexity index is 682. The van der Waals surface area contributed by atoms with E-state index in [2.05, 4.69) is 17.3 Å². The van der Waals surface area contributed by atoms with E-state index in [0.29, 0.717) is 24.6 Å². The highest BCUT2D eigenvalue weighted by molar-refractivity contribution is 5.96. The summed E-state index contributed by atoms with van der Waals surface area (Å²) < 4.78 is 12.6. The van der Waals surface area contributed by atoms with Crippen molar-refractivity contribution < 1.29 is 14.3 Å². The third-order valence-corrected chi connectivity index (χ3v) is 3.70. The van der Waals surface area contributed by atoms with Crippen LogP contribution in [-0.4, -0.2) is 35.9 Å². The van der Waals surface area contributed by atoms with Crippen LogP contribution in [0, 0.1) is 0 Å². The second kappa shape index (κ2) is 9.71. The van der Waals surface area contributed by atoms with Crippen LogP contribution >= 0.6 is 0 Å². The van der Waals surface area contributed by atoms with Gasteiger partial charge in [-0.05, 0) is 37.0 Å². The molecule has 0 aliphatic rings. The normalized spacial score (nSPS) is 10.5. The Kier molecular flexibility index (Phi) is 7.32. The molecule has 1 heterocycles. The smallest absolute Gasteiger partial charge is 0.258 e. The molecule has 0 saturated carbocycles. The van der Waals surface area contributed by atoms with E-state index in [9.17, 15) is 4.79 Å². The highest BCUT2D eigenvalue weighted by atomic mass is 16.5. The molecule has 0 spiro atoms. The molecule has 0 saturated heterocycles. The monoisotopic (exact) mass is 345 g/mol. The molecular formula is C19H27N3O3. The van der Waals surface area contributed by atoms with Crippen molar-refractivity contribution in [1.29, 1.82) is 0 Å². The summed E-state index contributed by atoms with van der Waals surface area (Å²) in [5.41, 5.74) is 1.61. The molecular weight excluding hydrogens is 318 g/mol. The molecule has 0 bridgehead atoms. The predicted octanol–water partition coefficient (Wildman–Crippen LogP) is 3.06. The Morgan fingerprint density at radius 1 is 1.28 bits per heavy atom. The number of rotatable bonds is 10. The molecule has 25 heavy (non-hydrogen) atoms. The second-order valence-electron chi connectivity index (χ2n) is 5.82. The van der Waals surface area contributed by atoms with Gasteiger partial charge < -0.3 is 14.8 Å². The molecule has 1 amide bonds. The number of hydrogen-bond acceptors (Lipinski definition) is 4. The van der Waals surface area contributed by atoms with Crippen LogP contribution in [0.25, 0.3) is 0 Å². The standard InChI is InChI=1S/C19H27N3O3/c1-4-11-22-14-17(19(21-22)25-12-5-2)18(23)20-10-9-15-7-6-8-16(13-15)24-3/h6-8,13-14H,4-5,9-12H2,1-3H3,(H,20,23). The fourth-order valence-corrected chi connectivity index (χ4v) is 2.45. The van der Waals surface area contributed by atoms with Gasteiger partial charge >= 0.3 is 0 Å². The lowest BCUT2D eigenvalue weighted by atomic mass is 10.1. The Morgan fingerprint density at radius 2 is 2.12 bits per heavy atom. The number of ether oxygens (including phenoxy) is 2. The molecule has 0 aliphatic heterocycles. The molecule has 1 aromatic carbocycles. The van der Waals surface area contributed by atoms with Crippen LogP contribution in [0.5, 0.6) is 11.6 Å². The van der Waals surface area contributed by atoms with Gasteiger partial charge in [0.15, 0.2) is 0 Å². The van der Waals surface area contributed by atoms with Crippen LogP contribution in [-0.2, 0) is 13.0 Å². The van der Waals surface area contributed by atoms with Crippen LogP contribution in [0.15, 0.2) is 30.5 Å². The van der Waals surface area contributed by atoms with Crippen LogP contribution in [0.2, 0.25) is 0 Å². The molecule has 136 valence electrons. The van der Waals surface area contributed by atoms with Crippen LogP contribution in [0.4, 0.5) is 0 Å². The third-order valence-electron chi connectivity index (χ3n) is 3.70. The van der Waals surface area contributed by atoms with Crippen molar-refractivity contribution in [3.05, 3.63) is 41.6 Å². The molecule has 6 heteroatoms. The van der Waals surface area contributed by atoms with E-state index in [1.54, 1.807) is 18.0 Å². The first kappa shape index (κ1) is 18.8. The summed E-state index contributed by atoms with van der Waals surface area (Å²) in [5, 5.41) is 7.31. The number of nitrogens with one attached hydrogen (secondary N) is 1. The summed E-state index contributed by atoms with van der Waals surface area (Å²) in [6, 6.07) is 7.84. The van der Waals surface area contributed by atoms with Gasteiger partial charge in [0.05, 0.1) is 13.7 Å². The topological polar surface area (TPSA) is 65.4 Å². The van der Waals surface area contributed by atoms with E-state index in [0.717, 1.165) is 37.1 Å². The highest BCUT2D eigenvalue weighted by Crippen LogP contribution is 2.17. The van der Waals surface area contributed by atoms with Crippen LogP contribution in [0.3, 0.4) is 0 Å². The van der Waals surface area contributed by atoms with Gasteiger partial charge in [-0.3, -0.25) is 9.48 Å². The molecule has 1 N–H and O–H groups in total. The van der Waals surface area contributed by atoms with Crippen molar-refractivity contribution in [3.8, 4) is 11.6 Å². The Balaban J connectivity index is 1.96. The zero-order valence-electron chi connectivity index (χ0n) is 15.2. The van der Waals surface area contributed by atoms with Crippen LogP contribution in [0.1, 0.15) is 42.6 Å². The maximum absolute atomic E-state index is 12.5. The first-order valence-electron chi connectivity index (χ1n) is 8.79. The summed E-state index contributed by atoms with van der Waals surface area (Å²) in [6.07, 6.45) is 4.32. The number of aromatic nitrogens is 2. The fraction of sp³-hybridized carbons (Fsp3) is 0.474. The average molecular weight is 345 g/mol. The summed E-state index contributed by atoms with van der Waals surface area (Å²) in [7, 11) is 1.65. The number of nitrogens with zero attached hydrogens (tertiary/aromatic N) is 2. The lowest BCUT2D eigenvalue weighted by molar-refractivity contribution is 0.0950. The Hall–Kier alpha value is -2.50. The fourth-order valence-electron chi connectivity index (χ4n) is 2.45. The maximum atomic E-state index is 12.5.